The van der Waals surface area contributed by atoms with E-state index in [0.717, 1.165) is 5.75 Å². The Morgan fingerprint density at radius 2 is 2.18 bits per heavy atom. The van der Waals surface area contributed by atoms with Gasteiger partial charge in [-0.05, 0) is 26.0 Å². The molecule has 0 spiro atoms. The van der Waals surface area contributed by atoms with Crippen molar-refractivity contribution in [2.75, 3.05) is 5.75 Å². The molecule has 0 aromatic heterocycles. The number of hydrogen-bond donors (Lipinski definition) is 2. The summed E-state index contributed by atoms with van der Waals surface area (Å²) < 4.78 is -0.334. The minimum atomic E-state index is -1.03. The molecule has 1 fully saturated rings. The Kier molecular flexibility index (Phi) is 1.92. The molecule has 0 aromatic rings. The van der Waals surface area contributed by atoms with Gasteiger partial charge in [0.05, 0.1) is 0 Å². The van der Waals surface area contributed by atoms with E-state index in [-0.39, 0.29) is 4.75 Å². The van der Waals surface area contributed by atoms with Gasteiger partial charge in [-0.25, -0.2) is 0 Å². The lowest BCUT2D eigenvalue weighted by molar-refractivity contribution is -0.144. The van der Waals surface area contributed by atoms with Gasteiger partial charge in [-0.3, -0.25) is 4.79 Å². The molecular weight excluding hydrogens is 162 g/mol. The highest BCUT2D eigenvalue weighted by molar-refractivity contribution is 8.01. The van der Waals surface area contributed by atoms with Crippen molar-refractivity contribution in [3.63, 3.8) is 0 Å². The second kappa shape index (κ2) is 2.38. The van der Waals surface area contributed by atoms with Crippen LogP contribution in [0.25, 0.3) is 0 Å². The minimum absolute atomic E-state index is 0.334. The fourth-order valence-electron chi connectivity index (χ4n) is 1.26. The second-order valence-corrected chi connectivity index (χ2v) is 5.10. The van der Waals surface area contributed by atoms with E-state index in [1.165, 1.54) is 0 Å². The van der Waals surface area contributed by atoms with Crippen LogP contribution < -0.4 is 5.73 Å². The van der Waals surface area contributed by atoms with Gasteiger partial charge < -0.3 is 10.8 Å². The van der Waals surface area contributed by atoms with E-state index >= 15 is 0 Å². The van der Waals surface area contributed by atoms with E-state index in [1.807, 2.05) is 13.8 Å². The first-order valence-corrected chi connectivity index (χ1v) is 4.55. The SMILES string of the molecule is CC1(C)SCCC1(N)C(=O)O. The smallest absolute Gasteiger partial charge is 0.325 e. The minimum Gasteiger partial charge on any atom is -0.480 e. The van der Waals surface area contributed by atoms with E-state index in [2.05, 4.69) is 0 Å². The number of nitrogens with two attached hydrogens (primary N) is 1. The van der Waals surface area contributed by atoms with Crippen LogP contribution in [0.15, 0.2) is 0 Å². The van der Waals surface area contributed by atoms with Gasteiger partial charge in [0.1, 0.15) is 5.54 Å². The standard InChI is InChI=1S/C7H13NO2S/c1-6(2)7(8,5(9)10)3-4-11-6/h3-4,8H2,1-2H3,(H,9,10). The van der Waals surface area contributed by atoms with Crippen LogP contribution in [-0.2, 0) is 4.79 Å². The van der Waals surface area contributed by atoms with E-state index in [9.17, 15) is 4.79 Å². The zero-order chi connectivity index (χ0) is 8.70. The summed E-state index contributed by atoms with van der Waals surface area (Å²) >= 11 is 1.63. The summed E-state index contributed by atoms with van der Waals surface area (Å²) in [5.74, 6) is -0.0389. The number of aliphatic carboxylic acids is 1. The lowest BCUT2D eigenvalue weighted by Crippen LogP contribution is -2.58. The summed E-state index contributed by atoms with van der Waals surface area (Å²) in [6.07, 6.45) is 0.569. The third-order valence-electron chi connectivity index (χ3n) is 2.42. The summed E-state index contributed by atoms with van der Waals surface area (Å²) in [5, 5.41) is 8.87. The predicted molar refractivity (Wildman–Crippen MR) is 45.7 cm³/mol. The van der Waals surface area contributed by atoms with E-state index in [4.69, 9.17) is 10.8 Å². The van der Waals surface area contributed by atoms with Crippen LogP contribution in [0, 0.1) is 0 Å². The van der Waals surface area contributed by atoms with Gasteiger partial charge in [0.15, 0.2) is 0 Å². The largest absolute Gasteiger partial charge is 0.480 e. The van der Waals surface area contributed by atoms with E-state index < -0.39 is 11.5 Å². The predicted octanol–water partition coefficient (Wildman–Crippen LogP) is 0.684. The third kappa shape index (κ3) is 1.14. The van der Waals surface area contributed by atoms with Crippen molar-refractivity contribution in [3.05, 3.63) is 0 Å². The van der Waals surface area contributed by atoms with Crippen LogP contribution in [0.2, 0.25) is 0 Å². The molecule has 1 aliphatic heterocycles. The Hall–Kier alpha value is -0.220. The molecular formula is C7H13NO2S. The normalized spacial score (nSPS) is 35.5. The van der Waals surface area contributed by atoms with Gasteiger partial charge in [-0.2, -0.15) is 11.8 Å². The molecule has 0 bridgehead atoms. The lowest BCUT2D eigenvalue weighted by atomic mass is 9.85. The zero-order valence-corrected chi connectivity index (χ0v) is 7.57. The van der Waals surface area contributed by atoms with Crippen LogP contribution in [0.3, 0.4) is 0 Å². The molecule has 0 saturated carbocycles. The van der Waals surface area contributed by atoms with E-state index in [1.54, 1.807) is 11.8 Å². The van der Waals surface area contributed by atoms with Crippen LogP contribution in [0.1, 0.15) is 20.3 Å². The molecule has 3 nitrogen and oxygen atoms in total. The number of thioether (sulfide) groups is 1. The Bertz CT molecular complexity index is 193. The number of carboxylic acids is 1. The fourth-order valence-corrected chi connectivity index (χ4v) is 2.64. The Labute approximate surface area is 70.3 Å². The van der Waals surface area contributed by atoms with Crippen molar-refractivity contribution in [2.24, 2.45) is 5.73 Å². The third-order valence-corrected chi connectivity index (χ3v) is 3.91. The molecule has 1 unspecified atom stereocenters. The first-order chi connectivity index (χ1) is 4.90. The molecule has 11 heavy (non-hydrogen) atoms. The van der Waals surface area contributed by atoms with Crippen molar-refractivity contribution in [1.82, 2.24) is 0 Å². The Balaban J connectivity index is 2.93. The fraction of sp³-hybridized carbons (Fsp3) is 0.857. The van der Waals surface area contributed by atoms with Crippen molar-refractivity contribution >= 4 is 17.7 Å². The zero-order valence-electron chi connectivity index (χ0n) is 6.76. The molecule has 1 rings (SSSR count). The average molecular weight is 175 g/mol. The van der Waals surface area contributed by atoms with Gasteiger partial charge in [0.25, 0.3) is 0 Å². The van der Waals surface area contributed by atoms with Gasteiger partial charge in [-0.15, -0.1) is 0 Å². The number of hydrogen-bond acceptors (Lipinski definition) is 3. The molecule has 0 radical (unpaired) electrons. The molecule has 4 heteroatoms. The van der Waals surface area contributed by atoms with Gasteiger partial charge in [-0.1, -0.05) is 0 Å². The maximum Gasteiger partial charge on any atom is 0.325 e. The quantitative estimate of drug-likeness (QED) is 0.615. The highest BCUT2D eigenvalue weighted by Crippen LogP contribution is 2.43. The molecule has 1 saturated heterocycles. The summed E-state index contributed by atoms with van der Waals surface area (Å²) in [4.78, 5) is 10.8. The lowest BCUT2D eigenvalue weighted by Gasteiger charge is -2.32. The number of rotatable bonds is 1. The van der Waals surface area contributed by atoms with Crippen molar-refractivity contribution in [1.29, 1.82) is 0 Å². The van der Waals surface area contributed by atoms with Crippen molar-refractivity contribution in [3.8, 4) is 0 Å². The number of carboxylic acid groups (broad SMARTS) is 1. The monoisotopic (exact) mass is 175 g/mol. The molecule has 1 heterocycles. The van der Waals surface area contributed by atoms with Crippen LogP contribution in [-0.4, -0.2) is 27.1 Å². The highest BCUT2D eigenvalue weighted by Gasteiger charge is 2.52. The molecule has 3 N–H and O–H groups in total. The molecule has 1 aliphatic rings. The highest BCUT2D eigenvalue weighted by atomic mass is 32.2. The summed E-state index contributed by atoms with van der Waals surface area (Å²) in [7, 11) is 0. The Morgan fingerprint density at radius 1 is 1.64 bits per heavy atom. The molecule has 0 amide bonds. The number of carbonyl (C=O) groups is 1. The van der Waals surface area contributed by atoms with Crippen molar-refractivity contribution < 1.29 is 9.90 Å². The molecule has 0 aromatic carbocycles. The first-order valence-electron chi connectivity index (χ1n) is 3.56. The Morgan fingerprint density at radius 3 is 2.36 bits per heavy atom. The van der Waals surface area contributed by atoms with Gasteiger partial charge in [0, 0.05) is 4.75 Å². The van der Waals surface area contributed by atoms with Crippen LogP contribution in [0.5, 0.6) is 0 Å². The van der Waals surface area contributed by atoms with Crippen LogP contribution in [0.4, 0.5) is 0 Å². The molecule has 0 aliphatic carbocycles. The summed E-state index contributed by atoms with van der Waals surface area (Å²) in [6.45, 7) is 3.78. The first kappa shape index (κ1) is 8.87. The van der Waals surface area contributed by atoms with Gasteiger partial charge in [0.2, 0.25) is 0 Å². The van der Waals surface area contributed by atoms with Crippen molar-refractivity contribution in [2.45, 2.75) is 30.6 Å². The molecule has 1 atom stereocenters. The van der Waals surface area contributed by atoms with E-state index in [0.29, 0.717) is 6.42 Å². The molecule has 64 valence electrons. The maximum absolute atomic E-state index is 10.8. The van der Waals surface area contributed by atoms with Gasteiger partial charge >= 0.3 is 5.97 Å². The summed E-state index contributed by atoms with van der Waals surface area (Å²) in [5.41, 5.74) is 4.73. The maximum atomic E-state index is 10.8. The van der Waals surface area contributed by atoms with Crippen LogP contribution >= 0.6 is 11.8 Å². The summed E-state index contributed by atoms with van der Waals surface area (Å²) in [6, 6.07) is 0. The average Bonchev–Trinajstić information content (AvgIpc) is 2.09. The topological polar surface area (TPSA) is 63.3 Å². The second-order valence-electron chi connectivity index (χ2n) is 3.39.